The predicted molar refractivity (Wildman–Crippen MR) is 98.4 cm³/mol. The van der Waals surface area contributed by atoms with Gasteiger partial charge in [0, 0.05) is 32.3 Å². The van der Waals surface area contributed by atoms with Gasteiger partial charge < -0.3 is 15.2 Å². The van der Waals surface area contributed by atoms with E-state index in [4.69, 9.17) is 0 Å². The van der Waals surface area contributed by atoms with Crippen LogP contribution in [-0.2, 0) is 13.5 Å². The van der Waals surface area contributed by atoms with Crippen molar-refractivity contribution in [2.45, 2.75) is 25.7 Å². The summed E-state index contributed by atoms with van der Waals surface area (Å²) in [5, 5.41) is 7.29. The van der Waals surface area contributed by atoms with Crippen molar-refractivity contribution in [3.63, 3.8) is 0 Å². The van der Waals surface area contributed by atoms with E-state index in [1.165, 1.54) is 12.8 Å². The zero-order valence-electron chi connectivity index (χ0n) is 15.0. The van der Waals surface area contributed by atoms with E-state index in [0.29, 0.717) is 25.1 Å². The highest BCUT2D eigenvalue weighted by Crippen LogP contribution is 2.29. The normalized spacial score (nSPS) is 17.2. The minimum Gasteiger partial charge on any atom is -0.357 e. The van der Waals surface area contributed by atoms with Crippen molar-refractivity contribution >= 4 is 12.0 Å². The molecule has 7 heteroatoms. The molecule has 2 aromatic rings. The average Bonchev–Trinajstić information content (AvgIpc) is 3.33. The Labute approximate surface area is 152 Å². The summed E-state index contributed by atoms with van der Waals surface area (Å²) in [6, 6.07) is 3.70. The molecule has 2 N–H and O–H groups in total. The molecule has 0 aromatic carbocycles. The molecule has 1 aliphatic heterocycles. The van der Waals surface area contributed by atoms with Crippen LogP contribution in [0.3, 0.4) is 0 Å². The van der Waals surface area contributed by atoms with Crippen molar-refractivity contribution in [2.24, 2.45) is 7.05 Å². The van der Waals surface area contributed by atoms with Gasteiger partial charge in [0.25, 0.3) is 5.91 Å². The minimum atomic E-state index is -0.159. The van der Waals surface area contributed by atoms with Gasteiger partial charge in [-0.2, -0.15) is 5.10 Å². The van der Waals surface area contributed by atoms with Gasteiger partial charge in [-0.15, -0.1) is 0 Å². The maximum Gasteiger partial charge on any atom is 0.271 e. The maximum atomic E-state index is 13.5. The molecule has 0 radical (unpaired) electrons. The highest BCUT2D eigenvalue weighted by atomic mass is 19.1. The number of aryl methyl sites for hydroxylation is 2. The number of H-pyrrole nitrogens is 1. The third kappa shape index (κ3) is 3.44. The quantitative estimate of drug-likeness (QED) is 0.864. The van der Waals surface area contributed by atoms with Crippen molar-refractivity contribution < 1.29 is 9.18 Å². The second kappa shape index (κ2) is 7.07. The van der Waals surface area contributed by atoms with Crippen LogP contribution >= 0.6 is 0 Å². The number of halogens is 1. The number of allylic oxidation sites excluding steroid dienone is 1. The van der Waals surface area contributed by atoms with Gasteiger partial charge in [-0.3, -0.25) is 9.48 Å². The van der Waals surface area contributed by atoms with Crippen molar-refractivity contribution in [2.75, 3.05) is 26.2 Å². The summed E-state index contributed by atoms with van der Waals surface area (Å²) in [5.41, 5.74) is 3.98. The van der Waals surface area contributed by atoms with E-state index >= 15 is 0 Å². The van der Waals surface area contributed by atoms with E-state index in [-0.39, 0.29) is 11.7 Å². The van der Waals surface area contributed by atoms with Crippen molar-refractivity contribution in [3.8, 4) is 11.4 Å². The Bertz CT molecular complexity index is 844. The summed E-state index contributed by atoms with van der Waals surface area (Å²) >= 11 is 0. The Morgan fingerprint density at radius 3 is 2.92 bits per heavy atom. The number of carbonyl (C=O) groups is 1. The summed E-state index contributed by atoms with van der Waals surface area (Å²) < 4.78 is 15.2. The molecule has 3 heterocycles. The summed E-state index contributed by atoms with van der Waals surface area (Å²) in [6.07, 6.45) is 5.16. The van der Waals surface area contributed by atoms with Crippen molar-refractivity contribution in [1.29, 1.82) is 0 Å². The van der Waals surface area contributed by atoms with Gasteiger partial charge in [-0.1, -0.05) is 0 Å². The molecule has 1 fully saturated rings. The fourth-order valence-corrected chi connectivity index (χ4v) is 3.73. The Kier molecular flexibility index (Phi) is 4.63. The Morgan fingerprint density at radius 2 is 2.12 bits per heavy atom. The molecule has 0 saturated carbocycles. The molecule has 138 valence electrons. The van der Waals surface area contributed by atoms with Crippen LogP contribution in [0.2, 0.25) is 0 Å². The SMILES string of the molecule is Cn1nc(C(=O)NCCN2CCCC2)cc1-c1cc2c([nH]1)CCC(F)=C2. The molecular weight excluding hydrogens is 333 g/mol. The summed E-state index contributed by atoms with van der Waals surface area (Å²) in [6.45, 7) is 3.75. The number of nitrogens with zero attached hydrogens (tertiary/aromatic N) is 3. The second-order valence-corrected chi connectivity index (χ2v) is 7.05. The lowest BCUT2D eigenvalue weighted by atomic mass is 10.0. The number of likely N-dealkylation sites (tertiary alicyclic amines) is 1. The zero-order valence-corrected chi connectivity index (χ0v) is 15.0. The molecule has 1 aliphatic carbocycles. The number of fused-ring (bicyclic) bond motifs is 1. The van der Waals surface area contributed by atoms with Crippen LogP contribution in [0.25, 0.3) is 17.5 Å². The van der Waals surface area contributed by atoms with Crippen LogP contribution in [0.5, 0.6) is 0 Å². The largest absolute Gasteiger partial charge is 0.357 e. The average molecular weight is 357 g/mol. The molecule has 0 atom stereocenters. The number of carbonyl (C=O) groups excluding carboxylic acids is 1. The number of nitrogens with one attached hydrogen (secondary N) is 2. The molecular formula is C19H24FN5O. The molecule has 2 aliphatic rings. The first-order valence-corrected chi connectivity index (χ1v) is 9.23. The van der Waals surface area contributed by atoms with Gasteiger partial charge in [0.2, 0.25) is 0 Å². The summed E-state index contributed by atoms with van der Waals surface area (Å²) in [5.74, 6) is -0.251. The van der Waals surface area contributed by atoms with Crippen molar-refractivity contribution in [1.82, 2.24) is 25.0 Å². The Hall–Kier alpha value is -2.41. The summed E-state index contributed by atoms with van der Waals surface area (Å²) in [4.78, 5) is 18.1. The van der Waals surface area contributed by atoms with Crippen LogP contribution < -0.4 is 5.32 Å². The predicted octanol–water partition coefficient (Wildman–Crippen LogP) is 2.50. The number of aromatic nitrogens is 3. The molecule has 6 nitrogen and oxygen atoms in total. The van der Waals surface area contributed by atoms with E-state index in [1.54, 1.807) is 16.8 Å². The van der Waals surface area contributed by atoms with E-state index < -0.39 is 0 Å². The number of amides is 1. The number of hydrogen-bond donors (Lipinski definition) is 2. The Balaban J connectivity index is 1.44. The van der Waals surface area contributed by atoms with Gasteiger partial charge in [0.05, 0.1) is 11.4 Å². The lowest BCUT2D eigenvalue weighted by Gasteiger charge is -2.14. The molecule has 0 bridgehead atoms. The lowest BCUT2D eigenvalue weighted by Crippen LogP contribution is -2.33. The van der Waals surface area contributed by atoms with E-state index in [1.807, 2.05) is 13.1 Å². The van der Waals surface area contributed by atoms with E-state index in [0.717, 1.165) is 42.3 Å². The van der Waals surface area contributed by atoms with E-state index in [2.05, 4.69) is 20.3 Å². The van der Waals surface area contributed by atoms with Crippen LogP contribution in [-0.4, -0.2) is 51.8 Å². The zero-order chi connectivity index (χ0) is 18.1. The van der Waals surface area contributed by atoms with Crippen LogP contribution in [0.15, 0.2) is 18.0 Å². The highest BCUT2D eigenvalue weighted by molar-refractivity contribution is 5.93. The molecule has 4 rings (SSSR count). The van der Waals surface area contributed by atoms with Crippen LogP contribution in [0.1, 0.15) is 41.0 Å². The molecule has 26 heavy (non-hydrogen) atoms. The number of hydrogen-bond acceptors (Lipinski definition) is 3. The lowest BCUT2D eigenvalue weighted by molar-refractivity contribution is 0.0944. The first kappa shape index (κ1) is 17.0. The molecule has 1 amide bonds. The van der Waals surface area contributed by atoms with Crippen LogP contribution in [0, 0.1) is 0 Å². The molecule has 1 saturated heterocycles. The first-order chi connectivity index (χ1) is 12.6. The molecule has 2 aromatic heterocycles. The standard InChI is InChI=1S/C19H24FN5O/c1-24-18(16-11-13-10-14(20)4-5-15(13)22-16)12-17(23-24)19(26)21-6-9-25-7-2-3-8-25/h10-12,22H,2-9H2,1H3,(H,21,26). The highest BCUT2D eigenvalue weighted by Gasteiger charge is 2.19. The van der Waals surface area contributed by atoms with Crippen molar-refractivity contribution in [3.05, 3.63) is 34.9 Å². The monoisotopic (exact) mass is 357 g/mol. The van der Waals surface area contributed by atoms with Gasteiger partial charge in [0.15, 0.2) is 5.69 Å². The summed E-state index contributed by atoms with van der Waals surface area (Å²) in [7, 11) is 1.81. The molecule has 0 spiro atoms. The number of rotatable bonds is 5. The third-order valence-electron chi connectivity index (χ3n) is 5.16. The minimum absolute atomic E-state index is 0.0916. The van der Waals surface area contributed by atoms with Crippen LogP contribution in [0.4, 0.5) is 4.39 Å². The third-order valence-corrected chi connectivity index (χ3v) is 5.16. The maximum absolute atomic E-state index is 13.5. The van der Waals surface area contributed by atoms with Gasteiger partial charge in [-0.05, 0) is 56.1 Å². The fraction of sp³-hybridized carbons (Fsp3) is 0.474. The number of aromatic amines is 1. The molecule has 0 unspecified atom stereocenters. The van der Waals surface area contributed by atoms with Gasteiger partial charge in [0.1, 0.15) is 5.83 Å². The topological polar surface area (TPSA) is 66.0 Å². The second-order valence-electron chi connectivity index (χ2n) is 7.05. The Morgan fingerprint density at radius 1 is 1.31 bits per heavy atom. The fourth-order valence-electron chi connectivity index (χ4n) is 3.73. The first-order valence-electron chi connectivity index (χ1n) is 9.23. The van der Waals surface area contributed by atoms with Gasteiger partial charge in [-0.25, -0.2) is 4.39 Å². The van der Waals surface area contributed by atoms with E-state index in [9.17, 15) is 9.18 Å². The van der Waals surface area contributed by atoms with Gasteiger partial charge >= 0.3 is 0 Å². The smallest absolute Gasteiger partial charge is 0.271 e.